The zero-order valence-electron chi connectivity index (χ0n) is 10.0. The van der Waals surface area contributed by atoms with Crippen LogP contribution < -0.4 is 5.32 Å². The molecule has 5 heteroatoms. The number of nitrogens with one attached hydrogen (secondary N) is 1. The van der Waals surface area contributed by atoms with E-state index in [-0.39, 0.29) is 5.69 Å². The highest BCUT2D eigenvalue weighted by Crippen LogP contribution is 2.14. The lowest BCUT2D eigenvalue weighted by Gasteiger charge is -2.03. The molecule has 0 aliphatic carbocycles. The second-order valence-corrected chi connectivity index (χ2v) is 5.31. The van der Waals surface area contributed by atoms with E-state index in [9.17, 15) is 4.79 Å². The van der Waals surface area contributed by atoms with E-state index >= 15 is 0 Å². The van der Waals surface area contributed by atoms with Gasteiger partial charge in [-0.25, -0.2) is 9.78 Å². The fourth-order valence-corrected chi connectivity index (χ4v) is 2.45. The van der Waals surface area contributed by atoms with Gasteiger partial charge >= 0.3 is 5.97 Å². The Kier molecular flexibility index (Phi) is 4.07. The minimum Gasteiger partial charge on any atom is -0.477 e. The van der Waals surface area contributed by atoms with Crippen molar-refractivity contribution < 1.29 is 9.90 Å². The van der Waals surface area contributed by atoms with Gasteiger partial charge in [-0.15, -0.1) is 11.3 Å². The monoisotopic (exact) mass is 262 g/mol. The summed E-state index contributed by atoms with van der Waals surface area (Å²) in [4.78, 5) is 17.4. The van der Waals surface area contributed by atoms with Crippen molar-refractivity contribution in [1.29, 1.82) is 0 Å². The molecule has 2 N–H and O–H groups in total. The summed E-state index contributed by atoms with van der Waals surface area (Å²) in [5.41, 5.74) is 0.824. The molecule has 0 atom stereocenters. The number of aromatic carboxylic acids is 1. The predicted octanol–water partition coefficient (Wildman–Crippen LogP) is 2.44. The molecule has 0 spiro atoms. The van der Waals surface area contributed by atoms with Crippen LogP contribution in [0.4, 0.5) is 0 Å². The normalized spacial score (nSPS) is 10.5. The molecule has 2 heterocycles. The number of carbonyl (C=O) groups is 1. The van der Waals surface area contributed by atoms with Crippen LogP contribution in [-0.4, -0.2) is 16.1 Å². The smallest absolute Gasteiger partial charge is 0.354 e. The maximum absolute atomic E-state index is 10.8. The van der Waals surface area contributed by atoms with Gasteiger partial charge in [0, 0.05) is 22.8 Å². The Balaban J connectivity index is 1.90. The van der Waals surface area contributed by atoms with Crippen LogP contribution in [0, 0.1) is 6.92 Å². The first-order valence-corrected chi connectivity index (χ1v) is 6.42. The number of thiophene rings is 1. The molecular formula is C13H14N2O2S. The molecule has 0 aliphatic heterocycles. The number of rotatable bonds is 5. The second-order valence-electron chi connectivity index (χ2n) is 3.94. The summed E-state index contributed by atoms with van der Waals surface area (Å²) in [5.74, 6) is -0.995. The van der Waals surface area contributed by atoms with Crippen LogP contribution in [0.15, 0.2) is 30.3 Å². The van der Waals surface area contributed by atoms with E-state index in [1.165, 1.54) is 15.8 Å². The van der Waals surface area contributed by atoms with Crippen molar-refractivity contribution in [3.05, 3.63) is 51.5 Å². The SMILES string of the molecule is Cc1ccc(CNCc2cccc(C(=O)O)n2)s1. The quantitative estimate of drug-likeness (QED) is 0.868. The first kappa shape index (κ1) is 12.7. The van der Waals surface area contributed by atoms with E-state index in [4.69, 9.17) is 5.11 Å². The Morgan fingerprint density at radius 1 is 1.33 bits per heavy atom. The molecule has 0 aliphatic rings. The molecule has 0 radical (unpaired) electrons. The number of aromatic nitrogens is 1. The summed E-state index contributed by atoms with van der Waals surface area (Å²) in [6.45, 7) is 3.42. The highest BCUT2D eigenvalue weighted by molar-refractivity contribution is 7.11. The topological polar surface area (TPSA) is 62.2 Å². The van der Waals surface area contributed by atoms with Crippen molar-refractivity contribution in [3.63, 3.8) is 0 Å². The third-order valence-electron chi connectivity index (χ3n) is 2.43. The van der Waals surface area contributed by atoms with Crippen molar-refractivity contribution in [2.24, 2.45) is 0 Å². The lowest BCUT2D eigenvalue weighted by atomic mass is 10.3. The molecule has 2 aromatic rings. The van der Waals surface area contributed by atoms with Crippen LogP contribution in [0.25, 0.3) is 0 Å². The summed E-state index contributed by atoms with van der Waals surface area (Å²) in [6.07, 6.45) is 0. The molecule has 0 fully saturated rings. The van der Waals surface area contributed by atoms with Gasteiger partial charge in [-0.1, -0.05) is 6.07 Å². The van der Waals surface area contributed by atoms with Crippen molar-refractivity contribution in [2.75, 3.05) is 0 Å². The standard InChI is InChI=1S/C13H14N2O2S/c1-9-5-6-11(18-9)8-14-7-10-3-2-4-12(15-10)13(16)17/h2-6,14H,7-8H2,1H3,(H,16,17). The van der Waals surface area contributed by atoms with Crippen LogP contribution in [0.5, 0.6) is 0 Å². The molecular weight excluding hydrogens is 248 g/mol. The summed E-state index contributed by atoms with van der Waals surface area (Å²) >= 11 is 1.75. The van der Waals surface area contributed by atoms with Crippen LogP contribution in [0.3, 0.4) is 0 Å². The molecule has 0 saturated heterocycles. The number of carboxylic acid groups (broad SMARTS) is 1. The van der Waals surface area contributed by atoms with E-state index in [0.717, 1.165) is 12.2 Å². The fourth-order valence-electron chi connectivity index (χ4n) is 1.59. The molecule has 0 aromatic carbocycles. The average molecular weight is 262 g/mol. The van der Waals surface area contributed by atoms with Crippen LogP contribution in [0.1, 0.15) is 25.9 Å². The van der Waals surface area contributed by atoms with Gasteiger partial charge in [0.15, 0.2) is 0 Å². The zero-order valence-corrected chi connectivity index (χ0v) is 10.8. The Labute approximate surface area is 109 Å². The predicted molar refractivity (Wildman–Crippen MR) is 70.8 cm³/mol. The first-order chi connectivity index (χ1) is 8.65. The van der Waals surface area contributed by atoms with Crippen molar-refractivity contribution in [1.82, 2.24) is 10.3 Å². The zero-order chi connectivity index (χ0) is 13.0. The number of hydrogen-bond donors (Lipinski definition) is 2. The van der Waals surface area contributed by atoms with Gasteiger partial charge in [0.25, 0.3) is 0 Å². The van der Waals surface area contributed by atoms with Gasteiger partial charge < -0.3 is 10.4 Å². The van der Waals surface area contributed by atoms with E-state index in [1.807, 2.05) is 6.07 Å². The number of aryl methyl sites for hydroxylation is 1. The summed E-state index contributed by atoms with van der Waals surface area (Å²) in [6, 6.07) is 9.20. The average Bonchev–Trinajstić information content (AvgIpc) is 2.75. The molecule has 18 heavy (non-hydrogen) atoms. The van der Waals surface area contributed by atoms with Gasteiger partial charge in [-0.05, 0) is 31.2 Å². The van der Waals surface area contributed by atoms with Crippen LogP contribution in [0.2, 0.25) is 0 Å². The summed E-state index contributed by atoms with van der Waals surface area (Å²) in [5, 5.41) is 12.1. The van der Waals surface area contributed by atoms with Gasteiger partial charge in [0.1, 0.15) is 5.69 Å². The molecule has 2 rings (SSSR count). The second kappa shape index (κ2) is 5.75. The maximum Gasteiger partial charge on any atom is 0.354 e. The molecule has 0 unspecified atom stereocenters. The fraction of sp³-hybridized carbons (Fsp3) is 0.231. The van der Waals surface area contributed by atoms with Crippen molar-refractivity contribution in [2.45, 2.75) is 20.0 Å². The number of carboxylic acids is 1. The molecule has 2 aromatic heterocycles. The third-order valence-corrected chi connectivity index (χ3v) is 3.43. The van der Waals surface area contributed by atoms with Crippen LogP contribution in [-0.2, 0) is 13.1 Å². The Hall–Kier alpha value is -1.72. The molecule has 94 valence electrons. The van der Waals surface area contributed by atoms with Crippen LogP contribution >= 0.6 is 11.3 Å². The Morgan fingerprint density at radius 2 is 2.17 bits per heavy atom. The van der Waals surface area contributed by atoms with Gasteiger partial charge in [-0.2, -0.15) is 0 Å². The summed E-state index contributed by atoms with van der Waals surface area (Å²) < 4.78 is 0. The number of pyridine rings is 1. The van der Waals surface area contributed by atoms with E-state index in [0.29, 0.717) is 6.54 Å². The van der Waals surface area contributed by atoms with Crippen molar-refractivity contribution >= 4 is 17.3 Å². The minimum absolute atomic E-state index is 0.0845. The van der Waals surface area contributed by atoms with Crippen molar-refractivity contribution in [3.8, 4) is 0 Å². The molecule has 4 nitrogen and oxygen atoms in total. The first-order valence-electron chi connectivity index (χ1n) is 5.60. The molecule has 0 saturated carbocycles. The lowest BCUT2D eigenvalue weighted by molar-refractivity contribution is 0.0690. The maximum atomic E-state index is 10.8. The molecule has 0 bridgehead atoms. The van der Waals surface area contributed by atoms with E-state index < -0.39 is 5.97 Å². The van der Waals surface area contributed by atoms with Gasteiger partial charge in [0.2, 0.25) is 0 Å². The minimum atomic E-state index is -0.995. The Morgan fingerprint density at radius 3 is 2.83 bits per heavy atom. The summed E-state index contributed by atoms with van der Waals surface area (Å²) in [7, 11) is 0. The lowest BCUT2D eigenvalue weighted by Crippen LogP contribution is -2.14. The highest BCUT2D eigenvalue weighted by Gasteiger charge is 2.04. The van der Waals surface area contributed by atoms with Gasteiger partial charge in [-0.3, -0.25) is 0 Å². The van der Waals surface area contributed by atoms with Gasteiger partial charge in [0.05, 0.1) is 5.69 Å². The number of nitrogens with zero attached hydrogens (tertiary/aromatic N) is 1. The Bertz CT molecular complexity index is 551. The molecule has 0 amide bonds. The highest BCUT2D eigenvalue weighted by atomic mass is 32.1. The number of hydrogen-bond acceptors (Lipinski definition) is 4. The third kappa shape index (κ3) is 3.38. The largest absolute Gasteiger partial charge is 0.477 e. The van der Waals surface area contributed by atoms with E-state index in [2.05, 4.69) is 29.4 Å². The van der Waals surface area contributed by atoms with E-state index in [1.54, 1.807) is 17.4 Å².